The van der Waals surface area contributed by atoms with Gasteiger partial charge in [-0.1, -0.05) is 27.7 Å². The van der Waals surface area contributed by atoms with Crippen molar-refractivity contribution < 1.29 is 0 Å². The highest BCUT2D eigenvalue weighted by Gasteiger charge is 2.07. The lowest BCUT2D eigenvalue weighted by molar-refractivity contribution is 0.548. The summed E-state index contributed by atoms with van der Waals surface area (Å²) in [6.07, 6.45) is 1.22. The highest BCUT2D eigenvalue weighted by molar-refractivity contribution is 7.13. The van der Waals surface area contributed by atoms with Crippen molar-refractivity contribution in [2.24, 2.45) is 11.8 Å². The molecule has 0 radical (unpaired) electrons. The molecule has 0 amide bonds. The number of hydrogen-bond donors (Lipinski definition) is 1. The number of hydrogen-bond acceptors (Lipinski definition) is 4. The number of nitrogens with one attached hydrogen (secondary N) is 1. The maximum atomic E-state index is 4.67. The molecule has 0 spiro atoms. The standard InChI is InChI=1S/C14H27N3S/c1-11(2)6-7-17(5)14-16-13(10-18-14)9-15-8-12(3)4/h10-12,15H,6-9H2,1-5H3. The van der Waals surface area contributed by atoms with Crippen LogP contribution < -0.4 is 10.2 Å². The quantitative estimate of drug-likeness (QED) is 0.784. The molecule has 0 aromatic carbocycles. The summed E-state index contributed by atoms with van der Waals surface area (Å²) in [5, 5.41) is 6.73. The summed E-state index contributed by atoms with van der Waals surface area (Å²) in [4.78, 5) is 6.93. The molecule has 4 heteroatoms. The Hall–Kier alpha value is -0.610. The Labute approximate surface area is 116 Å². The minimum absolute atomic E-state index is 0.692. The summed E-state index contributed by atoms with van der Waals surface area (Å²) in [5.41, 5.74) is 1.16. The zero-order valence-electron chi connectivity index (χ0n) is 12.4. The minimum Gasteiger partial charge on any atom is -0.351 e. The van der Waals surface area contributed by atoms with Gasteiger partial charge in [-0.15, -0.1) is 11.3 Å². The van der Waals surface area contributed by atoms with Crippen molar-refractivity contribution in [2.75, 3.05) is 25.0 Å². The number of rotatable bonds is 8. The fraction of sp³-hybridized carbons (Fsp3) is 0.786. The van der Waals surface area contributed by atoms with Gasteiger partial charge in [0.15, 0.2) is 5.13 Å². The van der Waals surface area contributed by atoms with Crippen molar-refractivity contribution in [3.8, 4) is 0 Å². The number of anilines is 1. The molecule has 0 saturated carbocycles. The Morgan fingerprint density at radius 2 is 2.00 bits per heavy atom. The van der Waals surface area contributed by atoms with Gasteiger partial charge in [0.1, 0.15) is 0 Å². The van der Waals surface area contributed by atoms with E-state index in [-0.39, 0.29) is 0 Å². The van der Waals surface area contributed by atoms with E-state index >= 15 is 0 Å². The fourth-order valence-corrected chi connectivity index (χ4v) is 2.41. The Morgan fingerprint density at radius 3 is 2.61 bits per heavy atom. The second-order valence-electron chi connectivity index (χ2n) is 5.75. The first-order valence-electron chi connectivity index (χ1n) is 6.85. The highest BCUT2D eigenvalue weighted by atomic mass is 32.1. The van der Waals surface area contributed by atoms with Crippen LogP contribution in [0.2, 0.25) is 0 Å². The SMILES string of the molecule is CC(C)CCN(C)c1nc(CNCC(C)C)cs1. The van der Waals surface area contributed by atoms with E-state index in [1.807, 2.05) is 0 Å². The molecule has 0 bridgehead atoms. The molecule has 0 atom stereocenters. The van der Waals surface area contributed by atoms with Gasteiger partial charge in [0.2, 0.25) is 0 Å². The minimum atomic E-state index is 0.692. The van der Waals surface area contributed by atoms with Gasteiger partial charge in [0, 0.05) is 25.5 Å². The predicted octanol–water partition coefficient (Wildman–Crippen LogP) is 3.37. The van der Waals surface area contributed by atoms with Crippen LogP contribution in [0.25, 0.3) is 0 Å². The zero-order valence-corrected chi connectivity index (χ0v) is 13.2. The molecular weight excluding hydrogens is 242 g/mol. The molecule has 1 rings (SSSR count). The highest BCUT2D eigenvalue weighted by Crippen LogP contribution is 2.20. The molecule has 0 saturated heterocycles. The largest absolute Gasteiger partial charge is 0.351 e. The van der Waals surface area contributed by atoms with E-state index in [1.54, 1.807) is 11.3 Å². The number of aromatic nitrogens is 1. The molecule has 3 nitrogen and oxygen atoms in total. The van der Waals surface area contributed by atoms with E-state index in [4.69, 9.17) is 0 Å². The van der Waals surface area contributed by atoms with E-state index in [0.717, 1.165) is 36.4 Å². The fourth-order valence-electron chi connectivity index (χ4n) is 1.59. The van der Waals surface area contributed by atoms with Crippen molar-refractivity contribution in [1.29, 1.82) is 0 Å². The van der Waals surface area contributed by atoms with Crippen LogP contribution in [0.5, 0.6) is 0 Å². The van der Waals surface area contributed by atoms with Crippen LogP contribution in [0.4, 0.5) is 5.13 Å². The second-order valence-corrected chi connectivity index (χ2v) is 6.59. The van der Waals surface area contributed by atoms with Crippen LogP contribution in [0.15, 0.2) is 5.38 Å². The topological polar surface area (TPSA) is 28.2 Å². The van der Waals surface area contributed by atoms with Crippen molar-refractivity contribution >= 4 is 16.5 Å². The van der Waals surface area contributed by atoms with Crippen LogP contribution in [0, 0.1) is 11.8 Å². The predicted molar refractivity (Wildman–Crippen MR) is 81.4 cm³/mol. The smallest absolute Gasteiger partial charge is 0.185 e. The van der Waals surface area contributed by atoms with Crippen LogP contribution >= 0.6 is 11.3 Å². The van der Waals surface area contributed by atoms with E-state index in [1.165, 1.54) is 6.42 Å². The first kappa shape index (κ1) is 15.4. The van der Waals surface area contributed by atoms with Crippen LogP contribution in [-0.2, 0) is 6.54 Å². The molecule has 0 fully saturated rings. The van der Waals surface area contributed by atoms with E-state index in [9.17, 15) is 0 Å². The molecule has 0 aliphatic carbocycles. The van der Waals surface area contributed by atoms with Gasteiger partial charge < -0.3 is 10.2 Å². The molecular formula is C14H27N3S. The first-order chi connectivity index (χ1) is 8.49. The first-order valence-corrected chi connectivity index (χ1v) is 7.73. The van der Waals surface area contributed by atoms with Gasteiger partial charge >= 0.3 is 0 Å². The van der Waals surface area contributed by atoms with Gasteiger partial charge in [-0.3, -0.25) is 0 Å². The van der Waals surface area contributed by atoms with E-state index in [0.29, 0.717) is 5.92 Å². The van der Waals surface area contributed by atoms with Crippen molar-refractivity contribution in [3.63, 3.8) is 0 Å². The summed E-state index contributed by atoms with van der Waals surface area (Å²) in [7, 11) is 2.13. The summed E-state index contributed by atoms with van der Waals surface area (Å²) in [6, 6.07) is 0. The van der Waals surface area contributed by atoms with Crippen LogP contribution in [0.3, 0.4) is 0 Å². The van der Waals surface area contributed by atoms with Crippen molar-refractivity contribution in [2.45, 2.75) is 40.7 Å². The second kappa shape index (κ2) is 7.74. The average Bonchev–Trinajstić information content (AvgIpc) is 2.74. The third kappa shape index (κ3) is 5.83. The molecule has 0 unspecified atom stereocenters. The molecule has 1 heterocycles. The lowest BCUT2D eigenvalue weighted by Gasteiger charge is -2.16. The normalized spacial score (nSPS) is 11.5. The average molecular weight is 269 g/mol. The molecule has 1 N–H and O–H groups in total. The zero-order chi connectivity index (χ0) is 13.5. The van der Waals surface area contributed by atoms with Gasteiger partial charge in [-0.05, 0) is 24.8 Å². The van der Waals surface area contributed by atoms with Gasteiger partial charge in [0.25, 0.3) is 0 Å². The molecule has 1 aromatic rings. The summed E-state index contributed by atoms with van der Waals surface area (Å²) in [5.74, 6) is 1.44. The Balaban J connectivity index is 2.37. The van der Waals surface area contributed by atoms with Crippen LogP contribution in [-0.4, -0.2) is 25.1 Å². The molecule has 18 heavy (non-hydrogen) atoms. The summed E-state index contributed by atoms with van der Waals surface area (Å²) < 4.78 is 0. The maximum Gasteiger partial charge on any atom is 0.185 e. The van der Waals surface area contributed by atoms with Gasteiger partial charge in [0.05, 0.1) is 5.69 Å². The molecule has 1 aromatic heterocycles. The monoisotopic (exact) mass is 269 g/mol. The van der Waals surface area contributed by atoms with Crippen LogP contribution in [0.1, 0.15) is 39.8 Å². The number of nitrogens with zero attached hydrogens (tertiary/aromatic N) is 2. The Kier molecular flexibility index (Phi) is 6.65. The summed E-state index contributed by atoms with van der Waals surface area (Å²) >= 11 is 1.74. The Morgan fingerprint density at radius 1 is 1.28 bits per heavy atom. The maximum absolute atomic E-state index is 4.67. The number of thiazole rings is 1. The lowest BCUT2D eigenvalue weighted by Crippen LogP contribution is -2.21. The molecule has 104 valence electrons. The summed E-state index contributed by atoms with van der Waals surface area (Å²) in [6.45, 7) is 12.0. The van der Waals surface area contributed by atoms with Gasteiger partial charge in [-0.2, -0.15) is 0 Å². The van der Waals surface area contributed by atoms with E-state index < -0.39 is 0 Å². The van der Waals surface area contributed by atoms with E-state index in [2.05, 4.69) is 55.3 Å². The van der Waals surface area contributed by atoms with Crippen molar-refractivity contribution in [3.05, 3.63) is 11.1 Å². The van der Waals surface area contributed by atoms with Gasteiger partial charge in [-0.25, -0.2) is 4.98 Å². The van der Waals surface area contributed by atoms with Crippen molar-refractivity contribution in [1.82, 2.24) is 10.3 Å². The third-order valence-electron chi connectivity index (χ3n) is 2.77. The lowest BCUT2D eigenvalue weighted by atomic mass is 10.1. The Bertz CT molecular complexity index is 334. The molecule has 0 aliphatic heterocycles. The third-order valence-corrected chi connectivity index (χ3v) is 3.77. The molecule has 0 aliphatic rings.